The second-order valence-electron chi connectivity index (χ2n) is 6.79. The standard InChI is InChI=1S/C25H18Cl2N2O2/c26-20-12-13-22(27)21(15-20)18-10-8-17(9-11-18)16-31-25-23(7-4-14-28-25)29-24(30)19-5-2-1-3-6-19/h1-15H,16H2,(H,29,30). The second kappa shape index (κ2) is 9.65. The zero-order valence-corrected chi connectivity index (χ0v) is 17.9. The van der Waals surface area contributed by atoms with Crippen LogP contribution in [-0.4, -0.2) is 10.9 Å². The first-order valence-electron chi connectivity index (χ1n) is 9.59. The lowest BCUT2D eigenvalue weighted by molar-refractivity contribution is 0.102. The summed E-state index contributed by atoms with van der Waals surface area (Å²) in [6.45, 7) is 0.300. The Labute approximate surface area is 190 Å². The SMILES string of the molecule is O=C(Nc1cccnc1OCc1ccc(-c2cc(Cl)ccc2Cl)cc1)c1ccccc1. The third kappa shape index (κ3) is 5.23. The van der Waals surface area contributed by atoms with Crippen molar-refractivity contribution >= 4 is 34.8 Å². The van der Waals surface area contributed by atoms with Crippen molar-refractivity contribution in [3.05, 3.63) is 112 Å². The van der Waals surface area contributed by atoms with Gasteiger partial charge in [0.2, 0.25) is 5.88 Å². The number of nitrogens with zero attached hydrogens (tertiary/aromatic N) is 1. The third-order valence-electron chi connectivity index (χ3n) is 4.62. The molecule has 0 saturated heterocycles. The van der Waals surface area contributed by atoms with Gasteiger partial charge in [0.25, 0.3) is 5.91 Å². The van der Waals surface area contributed by atoms with Crippen molar-refractivity contribution in [3.63, 3.8) is 0 Å². The van der Waals surface area contributed by atoms with Crippen molar-refractivity contribution in [3.8, 4) is 17.0 Å². The smallest absolute Gasteiger partial charge is 0.255 e. The van der Waals surface area contributed by atoms with Crippen molar-refractivity contribution in [2.75, 3.05) is 5.32 Å². The molecule has 0 aliphatic rings. The van der Waals surface area contributed by atoms with Crippen LogP contribution in [-0.2, 0) is 6.61 Å². The predicted octanol–water partition coefficient (Wildman–Crippen LogP) is 6.89. The normalized spacial score (nSPS) is 10.5. The highest BCUT2D eigenvalue weighted by atomic mass is 35.5. The van der Waals surface area contributed by atoms with E-state index in [1.165, 1.54) is 0 Å². The molecule has 0 aliphatic carbocycles. The van der Waals surface area contributed by atoms with Crippen molar-refractivity contribution < 1.29 is 9.53 Å². The van der Waals surface area contributed by atoms with Gasteiger partial charge < -0.3 is 10.1 Å². The summed E-state index contributed by atoms with van der Waals surface area (Å²) in [4.78, 5) is 16.7. The highest BCUT2D eigenvalue weighted by Crippen LogP contribution is 2.31. The van der Waals surface area contributed by atoms with Crippen molar-refractivity contribution in [1.82, 2.24) is 4.98 Å². The molecule has 0 radical (unpaired) electrons. The van der Waals surface area contributed by atoms with Crippen LogP contribution in [0, 0.1) is 0 Å². The maximum absolute atomic E-state index is 12.4. The topological polar surface area (TPSA) is 51.2 Å². The monoisotopic (exact) mass is 448 g/mol. The van der Waals surface area contributed by atoms with Crippen LogP contribution >= 0.6 is 23.2 Å². The molecule has 0 saturated carbocycles. The Hall–Kier alpha value is -3.34. The molecule has 0 fully saturated rings. The lowest BCUT2D eigenvalue weighted by Crippen LogP contribution is -2.13. The van der Waals surface area contributed by atoms with Crippen LogP contribution in [0.3, 0.4) is 0 Å². The summed E-state index contributed by atoms with van der Waals surface area (Å²) in [6, 6.07) is 25.7. The number of benzene rings is 3. The van der Waals surface area contributed by atoms with E-state index in [2.05, 4.69) is 10.3 Å². The van der Waals surface area contributed by atoms with E-state index in [0.717, 1.165) is 16.7 Å². The van der Waals surface area contributed by atoms with E-state index in [-0.39, 0.29) is 5.91 Å². The third-order valence-corrected chi connectivity index (χ3v) is 5.19. The number of ether oxygens (including phenoxy) is 1. The number of halogens is 2. The molecule has 1 heterocycles. The van der Waals surface area contributed by atoms with E-state index >= 15 is 0 Å². The van der Waals surface area contributed by atoms with Gasteiger partial charge in [-0.1, -0.05) is 65.7 Å². The lowest BCUT2D eigenvalue weighted by Gasteiger charge is -2.12. The van der Waals surface area contributed by atoms with E-state index in [4.69, 9.17) is 27.9 Å². The summed E-state index contributed by atoms with van der Waals surface area (Å²) in [5.74, 6) is 0.134. The van der Waals surface area contributed by atoms with Gasteiger partial charge in [0.05, 0.1) is 0 Å². The van der Waals surface area contributed by atoms with Crippen molar-refractivity contribution in [1.29, 1.82) is 0 Å². The number of nitrogens with one attached hydrogen (secondary N) is 1. The van der Waals surface area contributed by atoms with E-state index in [0.29, 0.717) is 33.8 Å². The number of pyridine rings is 1. The first kappa shape index (κ1) is 20.9. The Morgan fingerprint density at radius 2 is 1.68 bits per heavy atom. The molecule has 3 aromatic carbocycles. The van der Waals surface area contributed by atoms with Crippen LogP contribution in [0.4, 0.5) is 5.69 Å². The molecule has 0 aliphatic heterocycles. The Morgan fingerprint density at radius 1 is 0.903 bits per heavy atom. The summed E-state index contributed by atoms with van der Waals surface area (Å²) >= 11 is 12.4. The Bertz CT molecular complexity index is 1200. The van der Waals surface area contributed by atoms with E-state index < -0.39 is 0 Å². The lowest BCUT2D eigenvalue weighted by atomic mass is 10.0. The van der Waals surface area contributed by atoms with Gasteiger partial charge in [-0.05, 0) is 53.6 Å². The minimum absolute atomic E-state index is 0.221. The maximum Gasteiger partial charge on any atom is 0.255 e. The van der Waals surface area contributed by atoms with Crippen LogP contribution in [0.2, 0.25) is 10.0 Å². The molecule has 0 bridgehead atoms. The van der Waals surface area contributed by atoms with Crippen LogP contribution in [0.15, 0.2) is 91.1 Å². The molecule has 154 valence electrons. The van der Waals surface area contributed by atoms with Crippen LogP contribution in [0.25, 0.3) is 11.1 Å². The summed E-state index contributed by atoms with van der Waals surface area (Å²) in [5.41, 5.74) is 3.86. The minimum atomic E-state index is -0.221. The molecule has 4 nitrogen and oxygen atoms in total. The van der Waals surface area contributed by atoms with Crippen LogP contribution < -0.4 is 10.1 Å². The molecular weight excluding hydrogens is 431 g/mol. The molecule has 31 heavy (non-hydrogen) atoms. The van der Waals surface area contributed by atoms with E-state index in [9.17, 15) is 4.79 Å². The van der Waals surface area contributed by atoms with Gasteiger partial charge in [-0.3, -0.25) is 4.79 Å². The van der Waals surface area contributed by atoms with Crippen molar-refractivity contribution in [2.24, 2.45) is 0 Å². The summed E-state index contributed by atoms with van der Waals surface area (Å²) in [6.07, 6.45) is 1.62. The van der Waals surface area contributed by atoms with Gasteiger partial charge in [-0.15, -0.1) is 0 Å². The molecular formula is C25H18Cl2N2O2. The average Bonchev–Trinajstić information content (AvgIpc) is 2.81. The average molecular weight is 449 g/mol. The van der Waals surface area contributed by atoms with Gasteiger partial charge >= 0.3 is 0 Å². The van der Waals surface area contributed by atoms with E-state index in [1.54, 1.807) is 42.6 Å². The quantitative estimate of drug-likeness (QED) is 0.349. The van der Waals surface area contributed by atoms with Gasteiger partial charge in [0.1, 0.15) is 12.3 Å². The van der Waals surface area contributed by atoms with Gasteiger partial charge in [0.15, 0.2) is 0 Å². The molecule has 0 atom stereocenters. The summed E-state index contributed by atoms with van der Waals surface area (Å²) in [5, 5.41) is 4.12. The Morgan fingerprint density at radius 3 is 2.45 bits per heavy atom. The molecule has 1 amide bonds. The van der Waals surface area contributed by atoms with Gasteiger partial charge in [0, 0.05) is 27.4 Å². The zero-order chi connectivity index (χ0) is 21.6. The number of hydrogen-bond donors (Lipinski definition) is 1. The highest BCUT2D eigenvalue weighted by molar-refractivity contribution is 6.35. The molecule has 0 unspecified atom stereocenters. The van der Waals surface area contributed by atoms with Crippen molar-refractivity contribution in [2.45, 2.75) is 6.61 Å². The first-order valence-corrected chi connectivity index (χ1v) is 10.3. The number of anilines is 1. The number of amides is 1. The number of carbonyl (C=O) groups excluding carboxylic acids is 1. The Kier molecular flexibility index (Phi) is 6.51. The fourth-order valence-corrected chi connectivity index (χ4v) is 3.43. The largest absolute Gasteiger partial charge is 0.471 e. The zero-order valence-electron chi connectivity index (χ0n) is 16.4. The van der Waals surface area contributed by atoms with Crippen LogP contribution in [0.5, 0.6) is 5.88 Å². The molecule has 6 heteroatoms. The highest BCUT2D eigenvalue weighted by Gasteiger charge is 2.11. The molecule has 1 N–H and O–H groups in total. The second-order valence-corrected chi connectivity index (χ2v) is 7.63. The predicted molar refractivity (Wildman–Crippen MR) is 125 cm³/mol. The maximum atomic E-state index is 12.4. The Balaban J connectivity index is 1.45. The van der Waals surface area contributed by atoms with Gasteiger partial charge in [-0.25, -0.2) is 4.98 Å². The first-order chi connectivity index (χ1) is 15.1. The number of rotatable bonds is 6. The minimum Gasteiger partial charge on any atom is -0.471 e. The van der Waals surface area contributed by atoms with Gasteiger partial charge in [-0.2, -0.15) is 0 Å². The van der Waals surface area contributed by atoms with Crippen LogP contribution in [0.1, 0.15) is 15.9 Å². The number of aromatic nitrogens is 1. The fourth-order valence-electron chi connectivity index (χ4n) is 3.04. The fraction of sp³-hybridized carbons (Fsp3) is 0.0400. The summed E-state index contributed by atoms with van der Waals surface area (Å²) < 4.78 is 5.88. The number of hydrogen-bond acceptors (Lipinski definition) is 3. The summed E-state index contributed by atoms with van der Waals surface area (Å²) in [7, 11) is 0. The van der Waals surface area contributed by atoms with E-state index in [1.807, 2.05) is 48.5 Å². The molecule has 4 rings (SSSR count). The molecule has 1 aromatic heterocycles. The molecule has 4 aromatic rings. The molecule has 0 spiro atoms. The number of carbonyl (C=O) groups is 1.